The number of carbonyl (C=O) groups excluding carboxylic acids is 2. The number of benzene rings is 2. The van der Waals surface area contributed by atoms with Crippen molar-refractivity contribution in [2.24, 2.45) is 0 Å². The van der Waals surface area contributed by atoms with Crippen molar-refractivity contribution in [2.75, 3.05) is 11.5 Å². The van der Waals surface area contributed by atoms with E-state index in [4.69, 9.17) is 4.74 Å². The van der Waals surface area contributed by atoms with Gasteiger partial charge < -0.3 is 4.74 Å². The summed E-state index contributed by atoms with van der Waals surface area (Å²) in [5.74, 6) is -0.573. The third-order valence-corrected chi connectivity index (χ3v) is 6.73. The van der Waals surface area contributed by atoms with Crippen molar-refractivity contribution in [1.82, 2.24) is 10.2 Å². The highest BCUT2D eigenvalue weighted by molar-refractivity contribution is 9.10. The molecule has 1 N–H and O–H groups in total. The van der Waals surface area contributed by atoms with Gasteiger partial charge in [-0.2, -0.15) is 5.10 Å². The summed E-state index contributed by atoms with van der Waals surface area (Å²) in [6.45, 7) is 2.08. The molecule has 1 aliphatic heterocycles. The SMILES string of the molecule is CCOC(=O)c1ccc(N2C(=O)c3n[nH]c(-c4cccs4)c3[C@@H]2c2cccc(Br)c2)cc1. The van der Waals surface area contributed by atoms with Crippen LogP contribution >= 0.6 is 27.3 Å². The number of rotatable bonds is 5. The van der Waals surface area contributed by atoms with Crippen molar-refractivity contribution >= 4 is 44.8 Å². The van der Waals surface area contributed by atoms with Gasteiger partial charge in [0.15, 0.2) is 5.69 Å². The Morgan fingerprint density at radius 2 is 2.00 bits per heavy atom. The molecule has 4 aromatic rings. The molecule has 5 rings (SSSR count). The second-order valence-electron chi connectivity index (χ2n) is 7.24. The van der Waals surface area contributed by atoms with Crippen LogP contribution in [0.15, 0.2) is 70.5 Å². The van der Waals surface area contributed by atoms with E-state index >= 15 is 0 Å². The highest BCUT2D eigenvalue weighted by atomic mass is 79.9. The summed E-state index contributed by atoms with van der Waals surface area (Å²) < 4.78 is 6.00. The van der Waals surface area contributed by atoms with Crippen LogP contribution in [0.4, 0.5) is 5.69 Å². The number of carbonyl (C=O) groups is 2. The molecule has 0 spiro atoms. The Bertz CT molecular complexity index is 1300. The highest BCUT2D eigenvalue weighted by Gasteiger charge is 2.43. The van der Waals surface area contributed by atoms with Crippen LogP contribution in [-0.4, -0.2) is 28.7 Å². The minimum atomic E-state index is -0.386. The summed E-state index contributed by atoms with van der Waals surface area (Å²) in [6, 6.07) is 18.5. The van der Waals surface area contributed by atoms with Crippen molar-refractivity contribution in [3.63, 3.8) is 0 Å². The maximum Gasteiger partial charge on any atom is 0.338 e. The van der Waals surface area contributed by atoms with Gasteiger partial charge in [0, 0.05) is 15.7 Å². The molecule has 0 radical (unpaired) electrons. The molecule has 160 valence electrons. The molecule has 6 nitrogen and oxygen atoms in total. The molecule has 0 saturated carbocycles. The van der Waals surface area contributed by atoms with Gasteiger partial charge in [0.2, 0.25) is 0 Å². The van der Waals surface area contributed by atoms with Crippen molar-refractivity contribution in [3.05, 3.63) is 92.9 Å². The average Bonchev–Trinajstić information content (AvgIpc) is 3.52. The third kappa shape index (κ3) is 3.45. The lowest BCUT2D eigenvalue weighted by Crippen LogP contribution is -2.29. The second-order valence-corrected chi connectivity index (χ2v) is 9.10. The van der Waals surface area contributed by atoms with Crippen LogP contribution in [0.5, 0.6) is 0 Å². The first kappa shape index (κ1) is 20.7. The largest absolute Gasteiger partial charge is 0.462 e. The summed E-state index contributed by atoms with van der Waals surface area (Å²) in [6.07, 6.45) is 0. The van der Waals surface area contributed by atoms with Crippen molar-refractivity contribution < 1.29 is 14.3 Å². The fourth-order valence-corrected chi connectivity index (χ4v) is 5.13. The Morgan fingerprint density at radius 1 is 1.19 bits per heavy atom. The first-order valence-electron chi connectivity index (χ1n) is 10.1. The zero-order valence-electron chi connectivity index (χ0n) is 17.0. The molecule has 0 unspecified atom stereocenters. The van der Waals surface area contributed by atoms with Crippen LogP contribution < -0.4 is 4.90 Å². The van der Waals surface area contributed by atoms with Gasteiger partial charge in [0.25, 0.3) is 5.91 Å². The number of fused-ring (bicyclic) bond motifs is 1. The summed E-state index contributed by atoms with van der Waals surface area (Å²) in [5.41, 5.74) is 4.19. The number of thiophene rings is 1. The van der Waals surface area contributed by atoms with E-state index < -0.39 is 0 Å². The molecular weight excluding hydrogens is 490 g/mol. The molecule has 32 heavy (non-hydrogen) atoms. The fraction of sp³-hybridized carbons (Fsp3) is 0.125. The summed E-state index contributed by atoms with van der Waals surface area (Å²) in [5, 5.41) is 9.46. The number of ether oxygens (including phenoxy) is 1. The number of hydrogen-bond donors (Lipinski definition) is 1. The first-order chi connectivity index (χ1) is 15.6. The number of nitrogens with one attached hydrogen (secondary N) is 1. The summed E-state index contributed by atoms with van der Waals surface area (Å²) in [7, 11) is 0. The van der Waals surface area contributed by atoms with Crippen LogP contribution in [0.1, 0.15) is 44.9 Å². The van der Waals surface area contributed by atoms with E-state index in [0.29, 0.717) is 23.6 Å². The number of amides is 1. The molecule has 8 heteroatoms. The normalized spacial score (nSPS) is 15.1. The zero-order valence-corrected chi connectivity index (χ0v) is 19.4. The van der Waals surface area contributed by atoms with E-state index in [2.05, 4.69) is 26.1 Å². The van der Waals surface area contributed by atoms with Gasteiger partial charge in [-0.25, -0.2) is 4.79 Å². The zero-order chi connectivity index (χ0) is 22.2. The summed E-state index contributed by atoms with van der Waals surface area (Å²) in [4.78, 5) is 28.3. The van der Waals surface area contributed by atoms with Crippen molar-refractivity contribution in [2.45, 2.75) is 13.0 Å². The van der Waals surface area contributed by atoms with Crippen molar-refractivity contribution in [1.29, 1.82) is 0 Å². The minimum Gasteiger partial charge on any atom is -0.462 e. The Labute approximate surface area is 197 Å². The lowest BCUT2D eigenvalue weighted by Gasteiger charge is -2.26. The van der Waals surface area contributed by atoms with E-state index in [1.54, 1.807) is 47.4 Å². The Balaban J connectivity index is 1.63. The number of anilines is 1. The molecule has 2 aromatic carbocycles. The molecule has 0 saturated heterocycles. The Kier molecular flexibility index (Phi) is 5.40. The number of halogens is 1. The van der Waals surface area contributed by atoms with E-state index in [9.17, 15) is 9.59 Å². The van der Waals surface area contributed by atoms with Gasteiger partial charge in [-0.3, -0.25) is 14.8 Å². The van der Waals surface area contributed by atoms with Gasteiger partial charge in [-0.1, -0.05) is 34.1 Å². The molecule has 1 amide bonds. The lowest BCUT2D eigenvalue weighted by atomic mass is 9.98. The Morgan fingerprint density at radius 3 is 2.69 bits per heavy atom. The second kappa shape index (κ2) is 8.37. The molecule has 3 heterocycles. The predicted octanol–water partition coefficient (Wildman–Crippen LogP) is 5.83. The molecule has 1 aliphatic rings. The highest BCUT2D eigenvalue weighted by Crippen LogP contribution is 2.46. The minimum absolute atomic E-state index is 0.187. The number of esters is 1. The fourth-order valence-electron chi connectivity index (χ4n) is 3.98. The van der Waals surface area contributed by atoms with Gasteiger partial charge in [0.05, 0.1) is 28.8 Å². The quantitative estimate of drug-likeness (QED) is 0.345. The third-order valence-electron chi connectivity index (χ3n) is 5.35. The number of H-pyrrole nitrogens is 1. The van der Waals surface area contributed by atoms with Gasteiger partial charge >= 0.3 is 5.97 Å². The topological polar surface area (TPSA) is 75.3 Å². The van der Waals surface area contributed by atoms with Crippen LogP contribution in [-0.2, 0) is 4.74 Å². The molecule has 1 atom stereocenters. The standard InChI is InChI=1S/C24H18BrN3O3S/c1-2-31-24(30)14-8-10-17(11-9-14)28-22(15-5-3-6-16(25)13-15)19-20(18-7-4-12-32-18)26-27-21(19)23(28)29/h3-13,22H,2H2,1H3,(H,26,27)/t22-/m0/s1. The average molecular weight is 508 g/mol. The van der Waals surface area contributed by atoms with Crippen LogP contribution in [0.3, 0.4) is 0 Å². The van der Waals surface area contributed by atoms with E-state index in [1.165, 1.54) is 0 Å². The molecule has 0 aliphatic carbocycles. The van der Waals surface area contributed by atoms with Crippen LogP contribution in [0.25, 0.3) is 10.6 Å². The number of aromatic nitrogens is 2. The lowest BCUT2D eigenvalue weighted by molar-refractivity contribution is 0.0526. The van der Waals surface area contributed by atoms with E-state index in [0.717, 1.165) is 26.2 Å². The maximum atomic E-state index is 13.5. The smallest absolute Gasteiger partial charge is 0.338 e. The molecular formula is C24H18BrN3O3S. The molecule has 2 aromatic heterocycles. The monoisotopic (exact) mass is 507 g/mol. The number of hydrogen-bond acceptors (Lipinski definition) is 5. The molecule has 0 fully saturated rings. The Hall–Kier alpha value is -3.23. The summed E-state index contributed by atoms with van der Waals surface area (Å²) >= 11 is 5.15. The van der Waals surface area contributed by atoms with Crippen molar-refractivity contribution in [3.8, 4) is 10.6 Å². The van der Waals surface area contributed by atoms with Crippen LogP contribution in [0, 0.1) is 0 Å². The van der Waals surface area contributed by atoms with Crippen LogP contribution in [0.2, 0.25) is 0 Å². The van der Waals surface area contributed by atoms with E-state index in [1.807, 2.05) is 41.8 Å². The number of nitrogens with zero attached hydrogens (tertiary/aromatic N) is 2. The van der Waals surface area contributed by atoms with Gasteiger partial charge in [-0.15, -0.1) is 11.3 Å². The number of aromatic amines is 1. The first-order valence-corrected chi connectivity index (χ1v) is 11.7. The predicted molar refractivity (Wildman–Crippen MR) is 127 cm³/mol. The van der Waals surface area contributed by atoms with Gasteiger partial charge in [-0.05, 0) is 60.3 Å². The van der Waals surface area contributed by atoms with E-state index in [-0.39, 0.29) is 17.9 Å². The van der Waals surface area contributed by atoms with Gasteiger partial charge in [0.1, 0.15) is 0 Å². The molecule has 0 bridgehead atoms. The maximum absolute atomic E-state index is 13.5.